The molecule has 39 heavy (non-hydrogen) atoms. The average molecular weight is 576 g/mol. The van der Waals surface area contributed by atoms with Crippen LogP contribution in [0.3, 0.4) is 0 Å². The van der Waals surface area contributed by atoms with E-state index in [4.69, 9.17) is 21.1 Å². The van der Waals surface area contributed by atoms with Crippen molar-refractivity contribution in [3.8, 4) is 11.5 Å². The standard InChI is InChI=1S/C29H28ClF2NO5S/c1-17(29-22(30)6-5-7-24(29)32)14-20-9-13-27-25(15-20)33(19(3)26(38-27)12-8-18(2)34)39(35,36)21-10-11-23(31)28(16-21)37-4/h5-7,9-11,13-16,19,26H,8,12H2,1-4H3/b17-14+/t19-,26+/m1/s1. The molecule has 0 fully saturated rings. The van der Waals surface area contributed by atoms with Gasteiger partial charge in [-0.1, -0.05) is 29.8 Å². The van der Waals surface area contributed by atoms with Crippen LogP contribution in [0.4, 0.5) is 14.5 Å². The Bertz CT molecular complexity index is 1540. The molecule has 0 aromatic heterocycles. The third kappa shape index (κ3) is 5.79. The molecule has 0 N–H and O–H groups in total. The molecule has 0 unspecified atom stereocenters. The maximum atomic E-state index is 14.5. The Morgan fingerprint density at radius 3 is 2.51 bits per heavy atom. The zero-order chi connectivity index (χ0) is 28.5. The second-order valence-electron chi connectivity index (χ2n) is 9.39. The normalized spacial score (nSPS) is 17.4. The molecule has 0 saturated heterocycles. The van der Waals surface area contributed by atoms with Crippen LogP contribution in [0.15, 0.2) is 59.5 Å². The van der Waals surface area contributed by atoms with E-state index in [1.54, 1.807) is 44.2 Å². The lowest BCUT2D eigenvalue weighted by Gasteiger charge is -2.41. The topological polar surface area (TPSA) is 72.9 Å². The molecule has 0 aliphatic carbocycles. The number of carbonyl (C=O) groups is 1. The molecule has 0 saturated carbocycles. The summed E-state index contributed by atoms with van der Waals surface area (Å²) in [5, 5.41) is 0.251. The predicted octanol–water partition coefficient (Wildman–Crippen LogP) is 6.90. The molecule has 10 heteroatoms. The fourth-order valence-corrected chi connectivity index (χ4v) is 6.64. The summed E-state index contributed by atoms with van der Waals surface area (Å²) in [6.45, 7) is 4.86. The first kappa shape index (κ1) is 28.6. The Labute approximate surface area is 231 Å². The lowest BCUT2D eigenvalue weighted by atomic mass is 10.0. The van der Waals surface area contributed by atoms with Gasteiger partial charge in [0.1, 0.15) is 23.5 Å². The Morgan fingerprint density at radius 1 is 1.10 bits per heavy atom. The maximum Gasteiger partial charge on any atom is 0.264 e. The number of benzene rings is 3. The number of hydrogen-bond acceptors (Lipinski definition) is 5. The molecule has 2 atom stereocenters. The number of methoxy groups -OCH3 is 1. The molecule has 206 valence electrons. The average Bonchev–Trinajstić information content (AvgIpc) is 2.87. The van der Waals surface area contributed by atoms with E-state index in [9.17, 15) is 22.0 Å². The summed E-state index contributed by atoms with van der Waals surface area (Å²) >= 11 is 6.23. The number of allylic oxidation sites excluding steroid dienone is 1. The van der Waals surface area contributed by atoms with Crippen LogP contribution < -0.4 is 13.8 Å². The van der Waals surface area contributed by atoms with E-state index in [1.165, 1.54) is 36.5 Å². The fraction of sp³-hybridized carbons (Fsp3) is 0.276. The largest absolute Gasteiger partial charge is 0.494 e. The first-order chi connectivity index (χ1) is 18.4. The summed E-state index contributed by atoms with van der Waals surface area (Å²) in [6, 6.07) is 12.0. The van der Waals surface area contributed by atoms with Crippen LogP contribution in [0.1, 0.15) is 44.7 Å². The molecule has 0 amide bonds. The number of fused-ring (bicyclic) bond motifs is 1. The molecule has 6 nitrogen and oxygen atoms in total. The van der Waals surface area contributed by atoms with Crippen LogP contribution in [0.25, 0.3) is 11.6 Å². The third-order valence-electron chi connectivity index (χ3n) is 6.61. The molecule has 3 aromatic rings. The molecule has 1 heterocycles. The Hall–Kier alpha value is -3.43. The van der Waals surface area contributed by atoms with E-state index < -0.39 is 33.8 Å². The van der Waals surface area contributed by atoms with E-state index in [-0.39, 0.29) is 39.1 Å². The van der Waals surface area contributed by atoms with Gasteiger partial charge in [-0.25, -0.2) is 17.2 Å². The molecular weight excluding hydrogens is 548 g/mol. The number of Topliss-reactive ketones (excluding diaryl/α,β-unsaturated/α-hetero) is 1. The Kier molecular flexibility index (Phi) is 8.32. The highest BCUT2D eigenvalue weighted by atomic mass is 35.5. The van der Waals surface area contributed by atoms with Crippen molar-refractivity contribution in [3.63, 3.8) is 0 Å². The number of rotatable bonds is 8. The number of nitrogens with zero attached hydrogens (tertiary/aromatic N) is 1. The fourth-order valence-electron chi connectivity index (χ4n) is 4.63. The smallest absolute Gasteiger partial charge is 0.264 e. The summed E-state index contributed by atoms with van der Waals surface area (Å²) in [4.78, 5) is 11.5. The highest BCUT2D eigenvalue weighted by Crippen LogP contribution is 2.42. The number of carbonyl (C=O) groups excluding carboxylic acids is 1. The number of anilines is 1. The van der Waals surface area contributed by atoms with Gasteiger partial charge in [0.25, 0.3) is 10.0 Å². The zero-order valence-corrected chi connectivity index (χ0v) is 23.4. The van der Waals surface area contributed by atoms with Gasteiger partial charge in [0.2, 0.25) is 0 Å². The molecule has 3 aromatic carbocycles. The SMILES string of the molecule is COc1cc(S(=O)(=O)N2c3cc(/C=C(\C)c4c(F)cccc4Cl)ccc3O[C@@H](CCC(C)=O)[C@H]2C)ccc1F. The van der Waals surface area contributed by atoms with Crippen molar-refractivity contribution in [1.82, 2.24) is 0 Å². The minimum absolute atomic E-state index is 0.0444. The number of halogens is 3. The van der Waals surface area contributed by atoms with Crippen molar-refractivity contribution in [2.24, 2.45) is 0 Å². The summed E-state index contributed by atoms with van der Waals surface area (Å²) < 4.78 is 69.0. The zero-order valence-electron chi connectivity index (χ0n) is 21.9. The third-order valence-corrected chi connectivity index (χ3v) is 8.82. The number of hydrogen-bond donors (Lipinski definition) is 0. The molecule has 0 radical (unpaired) electrons. The lowest BCUT2D eigenvalue weighted by molar-refractivity contribution is -0.117. The van der Waals surface area contributed by atoms with Gasteiger partial charge in [-0.15, -0.1) is 0 Å². The predicted molar refractivity (Wildman–Crippen MR) is 148 cm³/mol. The number of ketones is 1. The van der Waals surface area contributed by atoms with Gasteiger partial charge in [0.15, 0.2) is 11.6 Å². The van der Waals surface area contributed by atoms with Crippen LogP contribution in [0, 0.1) is 11.6 Å². The summed E-state index contributed by atoms with van der Waals surface area (Å²) in [5.41, 5.74) is 1.63. The second-order valence-corrected chi connectivity index (χ2v) is 11.6. The van der Waals surface area contributed by atoms with E-state index in [0.717, 1.165) is 12.1 Å². The van der Waals surface area contributed by atoms with Gasteiger partial charge in [-0.2, -0.15) is 0 Å². The van der Waals surface area contributed by atoms with Crippen LogP contribution in [-0.4, -0.2) is 33.5 Å². The van der Waals surface area contributed by atoms with E-state index >= 15 is 0 Å². The molecular formula is C29H28ClF2NO5S. The molecule has 0 bridgehead atoms. The Balaban J connectivity index is 1.84. The van der Waals surface area contributed by atoms with Gasteiger partial charge in [0, 0.05) is 18.1 Å². The minimum Gasteiger partial charge on any atom is -0.494 e. The quantitative estimate of drug-likeness (QED) is 0.273. The van der Waals surface area contributed by atoms with Crippen LogP contribution in [0.5, 0.6) is 11.5 Å². The first-order valence-electron chi connectivity index (χ1n) is 12.2. The summed E-state index contributed by atoms with van der Waals surface area (Å²) in [5.74, 6) is -1.12. The van der Waals surface area contributed by atoms with Gasteiger partial charge >= 0.3 is 0 Å². The van der Waals surface area contributed by atoms with Gasteiger partial charge in [-0.05, 0) is 74.7 Å². The molecule has 1 aliphatic rings. The first-order valence-corrected chi connectivity index (χ1v) is 14.1. The van der Waals surface area contributed by atoms with E-state index in [0.29, 0.717) is 23.3 Å². The Morgan fingerprint density at radius 2 is 1.85 bits per heavy atom. The molecule has 0 spiro atoms. The van der Waals surface area contributed by atoms with Crippen molar-refractivity contribution in [2.75, 3.05) is 11.4 Å². The second kappa shape index (κ2) is 11.4. The van der Waals surface area contributed by atoms with Crippen molar-refractivity contribution in [2.45, 2.75) is 50.7 Å². The highest BCUT2D eigenvalue weighted by Gasteiger charge is 2.40. The van der Waals surface area contributed by atoms with Crippen LogP contribution in [-0.2, 0) is 14.8 Å². The number of sulfonamides is 1. The lowest BCUT2D eigenvalue weighted by Crippen LogP contribution is -2.50. The van der Waals surface area contributed by atoms with Gasteiger partial charge in [0.05, 0.1) is 28.8 Å². The van der Waals surface area contributed by atoms with Crippen LogP contribution in [0.2, 0.25) is 5.02 Å². The van der Waals surface area contributed by atoms with Gasteiger partial charge < -0.3 is 14.3 Å². The maximum absolute atomic E-state index is 14.5. The van der Waals surface area contributed by atoms with Crippen molar-refractivity contribution in [1.29, 1.82) is 0 Å². The van der Waals surface area contributed by atoms with Crippen molar-refractivity contribution in [3.05, 3.63) is 82.4 Å². The van der Waals surface area contributed by atoms with E-state index in [1.807, 2.05) is 0 Å². The monoisotopic (exact) mass is 575 g/mol. The van der Waals surface area contributed by atoms with Crippen molar-refractivity contribution >= 4 is 44.7 Å². The molecule has 1 aliphatic heterocycles. The summed E-state index contributed by atoms with van der Waals surface area (Å²) in [7, 11) is -2.98. The minimum atomic E-state index is -4.24. The highest BCUT2D eigenvalue weighted by molar-refractivity contribution is 7.92. The van der Waals surface area contributed by atoms with Crippen LogP contribution >= 0.6 is 11.6 Å². The van der Waals surface area contributed by atoms with Crippen molar-refractivity contribution < 1.29 is 31.5 Å². The van der Waals surface area contributed by atoms with E-state index in [2.05, 4.69) is 0 Å². The molecule has 4 rings (SSSR count). The van der Waals surface area contributed by atoms with Gasteiger partial charge in [-0.3, -0.25) is 4.31 Å². The number of ether oxygens (including phenoxy) is 2. The summed E-state index contributed by atoms with van der Waals surface area (Å²) in [6.07, 6.45) is 1.61.